The van der Waals surface area contributed by atoms with Gasteiger partial charge < -0.3 is 14.2 Å². The largest absolute Gasteiger partial charge is 0.459 e. The third-order valence-corrected chi connectivity index (χ3v) is 5.70. The lowest BCUT2D eigenvalue weighted by molar-refractivity contribution is -0.128. The molecule has 2 amide bonds. The van der Waals surface area contributed by atoms with Crippen LogP contribution in [0.5, 0.6) is 0 Å². The van der Waals surface area contributed by atoms with Gasteiger partial charge in [0.2, 0.25) is 5.91 Å². The van der Waals surface area contributed by atoms with Crippen LogP contribution < -0.4 is 0 Å². The van der Waals surface area contributed by atoms with Crippen molar-refractivity contribution in [2.45, 2.75) is 32.7 Å². The number of nitrogens with zero attached hydrogens (tertiary/aromatic N) is 3. The van der Waals surface area contributed by atoms with Crippen molar-refractivity contribution in [3.05, 3.63) is 53.7 Å². The summed E-state index contributed by atoms with van der Waals surface area (Å²) in [4.78, 5) is 32.9. The molecule has 26 heavy (non-hydrogen) atoms. The van der Waals surface area contributed by atoms with Crippen LogP contribution in [0.15, 0.2) is 41.3 Å². The molecule has 0 saturated carbocycles. The van der Waals surface area contributed by atoms with Gasteiger partial charge >= 0.3 is 0 Å². The fourth-order valence-electron chi connectivity index (χ4n) is 4.09. The van der Waals surface area contributed by atoms with Gasteiger partial charge in [0, 0.05) is 56.0 Å². The molecule has 0 aromatic carbocycles. The van der Waals surface area contributed by atoms with Crippen LogP contribution in [-0.2, 0) is 11.3 Å². The van der Waals surface area contributed by atoms with E-state index in [1.165, 1.54) is 0 Å². The molecule has 2 aromatic heterocycles. The average Bonchev–Trinajstić information content (AvgIpc) is 3.20. The Labute approximate surface area is 152 Å². The molecule has 4 rings (SSSR count). The van der Waals surface area contributed by atoms with Gasteiger partial charge in [-0.3, -0.25) is 14.6 Å². The second kappa shape index (κ2) is 6.59. The zero-order valence-electron chi connectivity index (χ0n) is 15.0. The zero-order valence-corrected chi connectivity index (χ0v) is 15.0. The highest BCUT2D eigenvalue weighted by atomic mass is 16.3. The molecule has 0 aliphatic carbocycles. The number of furan rings is 1. The van der Waals surface area contributed by atoms with Gasteiger partial charge in [-0.2, -0.15) is 0 Å². The molecule has 2 aromatic rings. The van der Waals surface area contributed by atoms with Crippen LogP contribution in [0.25, 0.3) is 0 Å². The maximum absolute atomic E-state index is 12.6. The quantitative estimate of drug-likeness (QED) is 0.851. The van der Waals surface area contributed by atoms with Crippen molar-refractivity contribution in [1.82, 2.24) is 14.8 Å². The fourth-order valence-corrected chi connectivity index (χ4v) is 4.09. The van der Waals surface area contributed by atoms with Crippen molar-refractivity contribution in [2.75, 3.05) is 19.6 Å². The molecular weight excluding hydrogens is 330 g/mol. The molecule has 0 atom stereocenters. The van der Waals surface area contributed by atoms with Crippen LogP contribution in [0, 0.1) is 12.3 Å². The highest BCUT2D eigenvalue weighted by Gasteiger charge is 2.45. The van der Waals surface area contributed by atoms with Gasteiger partial charge in [0.15, 0.2) is 5.76 Å². The van der Waals surface area contributed by atoms with E-state index in [1.54, 1.807) is 18.7 Å². The van der Waals surface area contributed by atoms with E-state index < -0.39 is 0 Å². The van der Waals surface area contributed by atoms with E-state index in [0.717, 1.165) is 30.5 Å². The van der Waals surface area contributed by atoms with Gasteiger partial charge in [-0.1, -0.05) is 0 Å². The number of hydrogen-bond acceptors (Lipinski definition) is 4. The summed E-state index contributed by atoms with van der Waals surface area (Å²) in [6.07, 6.45) is 7.37. The van der Waals surface area contributed by atoms with Gasteiger partial charge in [0.1, 0.15) is 0 Å². The third-order valence-electron chi connectivity index (χ3n) is 5.70. The number of hydrogen-bond donors (Lipinski definition) is 0. The fraction of sp³-hybridized carbons (Fsp3) is 0.450. The molecule has 2 saturated heterocycles. The predicted octanol–water partition coefficient (Wildman–Crippen LogP) is 2.64. The average molecular weight is 353 g/mol. The van der Waals surface area contributed by atoms with E-state index in [-0.39, 0.29) is 17.2 Å². The van der Waals surface area contributed by atoms with Gasteiger partial charge in [0.25, 0.3) is 5.91 Å². The Hall–Kier alpha value is -2.63. The first-order chi connectivity index (χ1) is 12.6. The van der Waals surface area contributed by atoms with E-state index in [1.807, 2.05) is 34.9 Å². The molecule has 0 bridgehead atoms. The van der Waals surface area contributed by atoms with Gasteiger partial charge in [-0.15, -0.1) is 0 Å². The van der Waals surface area contributed by atoms with E-state index in [4.69, 9.17) is 4.42 Å². The summed E-state index contributed by atoms with van der Waals surface area (Å²) < 4.78 is 5.34. The van der Waals surface area contributed by atoms with Crippen molar-refractivity contribution >= 4 is 11.8 Å². The molecule has 0 N–H and O–H groups in total. The smallest absolute Gasteiger partial charge is 0.289 e. The van der Waals surface area contributed by atoms with Crippen LogP contribution >= 0.6 is 0 Å². The number of piperidine rings is 1. The SMILES string of the molecule is Cc1ccoc1C(=O)N1CCC2(CC1)CC(=O)N(Cc1ccncc1)C2. The lowest BCUT2D eigenvalue weighted by atomic mass is 9.77. The van der Waals surface area contributed by atoms with Crippen LogP contribution in [0.2, 0.25) is 0 Å². The molecule has 4 heterocycles. The summed E-state index contributed by atoms with van der Waals surface area (Å²) in [7, 11) is 0. The Balaban J connectivity index is 1.39. The summed E-state index contributed by atoms with van der Waals surface area (Å²) >= 11 is 0. The number of carbonyl (C=O) groups is 2. The van der Waals surface area contributed by atoms with Crippen molar-refractivity contribution in [2.24, 2.45) is 5.41 Å². The molecule has 2 fully saturated rings. The minimum Gasteiger partial charge on any atom is -0.459 e. The van der Waals surface area contributed by atoms with Crippen LogP contribution in [-0.4, -0.2) is 46.2 Å². The molecule has 6 nitrogen and oxygen atoms in total. The minimum atomic E-state index is -0.0414. The first kappa shape index (κ1) is 16.8. The van der Waals surface area contributed by atoms with Gasteiger partial charge in [-0.25, -0.2) is 0 Å². The van der Waals surface area contributed by atoms with E-state index in [0.29, 0.717) is 31.8 Å². The first-order valence-electron chi connectivity index (χ1n) is 9.06. The molecular formula is C20H23N3O3. The Kier molecular flexibility index (Phi) is 4.26. The summed E-state index contributed by atoms with van der Waals surface area (Å²) in [6.45, 7) is 4.65. The number of carbonyl (C=O) groups excluding carboxylic acids is 2. The first-order valence-corrected chi connectivity index (χ1v) is 9.06. The van der Waals surface area contributed by atoms with Crippen LogP contribution in [0.3, 0.4) is 0 Å². The predicted molar refractivity (Wildman–Crippen MR) is 95.3 cm³/mol. The van der Waals surface area contributed by atoms with Gasteiger partial charge in [-0.05, 0) is 43.5 Å². The third kappa shape index (κ3) is 3.11. The van der Waals surface area contributed by atoms with Crippen molar-refractivity contribution in [1.29, 1.82) is 0 Å². The molecule has 0 unspecified atom stereocenters. The van der Waals surface area contributed by atoms with E-state index in [2.05, 4.69) is 4.98 Å². The topological polar surface area (TPSA) is 66.7 Å². The summed E-state index contributed by atoms with van der Waals surface area (Å²) in [5.41, 5.74) is 1.97. The number of aromatic nitrogens is 1. The minimum absolute atomic E-state index is 0.000890. The number of likely N-dealkylation sites (tertiary alicyclic amines) is 2. The Morgan fingerprint density at radius 2 is 1.96 bits per heavy atom. The van der Waals surface area contributed by atoms with Crippen LogP contribution in [0.4, 0.5) is 0 Å². The Morgan fingerprint density at radius 3 is 2.62 bits per heavy atom. The molecule has 6 heteroatoms. The zero-order chi connectivity index (χ0) is 18.1. The standard InChI is InChI=1S/C20H23N3O3/c1-15-4-11-26-18(15)19(25)22-9-5-20(6-10-22)12-17(24)23(14-20)13-16-2-7-21-8-3-16/h2-4,7-8,11H,5-6,9-10,12-14H2,1H3. The normalized spacial score (nSPS) is 19.3. The molecule has 136 valence electrons. The molecule has 2 aliphatic heterocycles. The highest BCUT2D eigenvalue weighted by Crippen LogP contribution is 2.41. The number of rotatable bonds is 3. The Bertz CT molecular complexity index is 807. The van der Waals surface area contributed by atoms with Crippen LogP contribution in [0.1, 0.15) is 40.9 Å². The van der Waals surface area contributed by atoms with Gasteiger partial charge in [0.05, 0.1) is 6.26 Å². The maximum atomic E-state index is 12.6. The summed E-state index contributed by atoms with van der Waals surface area (Å²) in [5.74, 6) is 0.603. The molecule has 0 radical (unpaired) electrons. The van der Waals surface area contributed by atoms with E-state index in [9.17, 15) is 9.59 Å². The lowest BCUT2D eigenvalue weighted by Crippen LogP contribution is -2.44. The lowest BCUT2D eigenvalue weighted by Gasteiger charge is -2.38. The van der Waals surface area contributed by atoms with Crippen molar-refractivity contribution in [3.8, 4) is 0 Å². The number of aryl methyl sites for hydroxylation is 1. The second-order valence-electron chi connectivity index (χ2n) is 7.51. The van der Waals surface area contributed by atoms with Crippen molar-refractivity contribution in [3.63, 3.8) is 0 Å². The Morgan fingerprint density at radius 1 is 1.23 bits per heavy atom. The van der Waals surface area contributed by atoms with Crippen molar-refractivity contribution < 1.29 is 14.0 Å². The summed E-state index contributed by atoms with van der Waals surface area (Å²) in [5, 5.41) is 0. The second-order valence-corrected chi connectivity index (χ2v) is 7.51. The maximum Gasteiger partial charge on any atom is 0.289 e. The molecule has 2 aliphatic rings. The summed E-state index contributed by atoms with van der Waals surface area (Å²) in [6, 6.07) is 5.71. The monoisotopic (exact) mass is 353 g/mol. The van der Waals surface area contributed by atoms with E-state index >= 15 is 0 Å². The molecule has 1 spiro atoms. The number of pyridine rings is 1. The highest BCUT2D eigenvalue weighted by molar-refractivity contribution is 5.93. The number of amides is 2.